The second-order valence-electron chi connectivity index (χ2n) is 7.94. The Kier molecular flexibility index (Phi) is 7.19. The number of hydrogen-bond donors (Lipinski definition) is 2. The normalized spacial score (nSPS) is 13.5. The molecule has 1 saturated heterocycles. The summed E-state index contributed by atoms with van der Waals surface area (Å²) in [6.07, 6.45) is 0. The van der Waals surface area contributed by atoms with Crippen molar-refractivity contribution < 1.29 is 14.3 Å². The van der Waals surface area contributed by atoms with E-state index in [2.05, 4.69) is 15.5 Å². The van der Waals surface area contributed by atoms with Gasteiger partial charge in [0.2, 0.25) is 5.91 Å². The van der Waals surface area contributed by atoms with Crippen molar-refractivity contribution >= 4 is 62.9 Å². The number of carbonyl (C=O) groups excluding carboxylic acids is 2. The van der Waals surface area contributed by atoms with Gasteiger partial charge < -0.3 is 19.9 Å². The summed E-state index contributed by atoms with van der Waals surface area (Å²) in [4.78, 5) is 28.6. The highest BCUT2D eigenvalue weighted by molar-refractivity contribution is 7.80. The Morgan fingerprint density at radius 3 is 2.32 bits per heavy atom. The maximum Gasteiger partial charge on any atom is 0.261 e. The number of piperazine rings is 1. The van der Waals surface area contributed by atoms with Crippen LogP contribution in [-0.2, 0) is 4.79 Å². The summed E-state index contributed by atoms with van der Waals surface area (Å²) in [5.74, 6) is 0.148. The van der Waals surface area contributed by atoms with Crippen molar-refractivity contribution in [1.29, 1.82) is 0 Å². The van der Waals surface area contributed by atoms with Gasteiger partial charge in [-0.15, -0.1) is 0 Å². The number of benzene rings is 3. The molecule has 1 aliphatic heterocycles. The Balaban J connectivity index is 1.51. The van der Waals surface area contributed by atoms with Crippen LogP contribution >= 0.6 is 23.8 Å². The zero-order valence-electron chi connectivity index (χ0n) is 18.9. The van der Waals surface area contributed by atoms with E-state index in [0.29, 0.717) is 48.2 Å². The van der Waals surface area contributed by atoms with Crippen molar-refractivity contribution in [2.75, 3.05) is 43.5 Å². The fraction of sp³-hybridized carbons (Fsp3) is 0.240. The minimum absolute atomic E-state index is 0.0603. The van der Waals surface area contributed by atoms with E-state index in [4.69, 9.17) is 28.6 Å². The summed E-state index contributed by atoms with van der Waals surface area (Å²) < 4.78 is 5.44. The van der Waals surface area contributed by atoms with E-state index >= 15 is 0 Å². The molecule has 7 nitrogen and oxygen atoms in total. The van der Waals surface area contributed by atoms with Gasteiger partial charge in [0, 0.05) is 33.1 Å². The van der Waals surface area contributed by atoms with Gasteiger partial charge in [0.15, 0.2) is 5.11 Å². The van der Waals surface area contributed by atoms with Crippen LogP contribution in [0.5, 0.6) is 5.75 Å². The largest absolute Gasteiger partial charge is 0.496 e. The van der Waals surface area contributed by atoms with Gasteiger partial charge >= 0.3 is 0 Å². The van der Waals surface area contributed by atoms with Gasteiger partial charge in [-0.05, 0) is 47.3 Å². The molecule has 2 amide bonds. The molecule has 0 saturated carbocycles. The molecule has 3 aromatic carbocycles. The lowest BCUT2D eigenvalue weighted by molar-refractivity contribution is -0.129. The molecule has 176 valence electrons. The number of methoxy groups -OCH3 is 1. The van der Waals surface area contributed by atoms with E-state index in [0.717, 1.165) is 16.5 Å². The summed E-state index contributed by atoms with van der Waals surface area (Å²) >= 11 is 12.0. The summed E-state index contributed by atoms with van der Waals surface area (Å²) in [6, 6.07) is 16.8. The molecule has 4 rings (SSSR count). The van der Waals surface area contributed by atoms with Crippen LogP contribution in [0.4, 0.5) is 11.4 Å². The summed E-state index contributed by atoms with van der Waals surface area (Å²) in [7, 11) is 1.53. The molecular weight excluding hydrogens is 472 g/mol. The molecule has 2 N–H and O–H groups in total. The summed E-state index contributed by atoms with van der Waals surface area (Å²) in [5.41, 5.74) is 1.85. The smallest absolute Gasteiger partial charge is 0.261 e. The van der Waals surface area contributed by atoms with Crippen LogP contribution in [0.25, 0.3) is 10.8 Å². The first-order valence-electron chi connectivity index (χ1n) is 10.9. The number of ether oxygens (including phenoxy) is 1. The third kappa shape index (κ3) is 5.08. The highest BCUT2D eigenvalue weighted by Gasteiger charge is 2.23. The molecule has 1 aliphatic rings. The fourth-order valence-electron chi connectivity index (χ4n) is 4.07. The predicted molar refractivity (Wildman–Crippen MR) is 140 cm³/mol. The number of rotatable bonds is 4. The van der Waals surface area contributed by atoms with Gasteiger partial charge in [0.05, 0.1) is 29.1 Å². The first-order valence-corrected chi connectivity index (χ1v) is 11.6. The maximum absolute atomic E-state index is 13.0. The highest BCUT2D eigenvalue weighted by atomic mass is 35.5. The van der Waals surface area contributed by atoms with Crippen LogP contribution in [-0.4, -0.2) is 55.1 Å². The molecular formula is C25H25ClN4O3S. The fourth-order valence-corrected chi connectivity index (χ4v) is 4.57. The minimum atomic E-state index is -0.376. The van der Waals surface area contributed by atoms with Crippen LogP contribution < -0.4 is 20.3 Å². The molecule has 1 fully saturated rings. The first kappa shape index (κ1) is 23.8. The van der Waals surface area contributed by atoms with Gasteiger partial charge in [-0.1, -0.05) is 41.9 Å². The zero-order valence-corrected chi connectivity index (χ0v) is 20.5. The Morgan fingerprint density at radius 1 is 1.00 bits per heavy atom. The van der Waals surface area contributed by atoms with Crippen LogP contribution in [0, 0.1) is 0 Å². The van der Waals surface area contributed by atoms with Crippen molar-refractivity contribution in [2.24, 2.45) is 0 Å². The number of carbonyl (C=O) groups is 2. The number of nitrogens with zero attached hydrogens (tertiary/aromatic N) is 2. The van der Waals surface area contributed by atoms with Crippen LogP contribution in [0.3, 0.4) is 0 Å². The lowest BCUT2D eigenvalue weighted by Crippen LogP contribution is -2.48. The topological polar surface area (TPSA) is 73.9 Å². The summed E-state index contributed by atoms with van der Waals surface area (Å²) in [6.45, 7) is 4.09. The van der Waals surface area contributed by atoms with Gasteiger partial charge in [-0.3, -0.25) is 14.9 Å². The van der Waals surface area contributed by atoms with E-state index < -0.39 is 0 Å². The molecule has 0 spiro atoms. The number of fused-ring (bicyclic) bond motifs is 1. The number of hydrogen-bond acceptors (Lipinski definition) is 5. The molecule has 3 aromatic rings. The third-order valence-electron chi connectivity index (χ3n) is 5.82. The van der Waals surface area contributed by atoms with Crippen LogP contribution in [0.15, 0.2) is 54.6 Å². The molecule has 0 aromatic heterocycles. The van der Waals surface area contributed by atoms with Gasteiger partial charge in [-0.2, -0.15) is 0 Å². The minimum Gasteiger partial charge on any atom is -0.496 e. The van der Waals surface area contributed by atoms with Crippen molar-refractivity contribution in [1.82, 2.24) is 10.2 Å². The summed E-state index contributed by atoms with van der Waals surface area (Å²) in [5, 5.41) is 8.46. The van der Waals surface area contributed by atoms with Gasteiger partial charge in [0.1, 0.15) is 5.75 Å². The van der Waals surface area contributed by atoms with E-state index in [1.165, 1.54) is 7.11 Å². The Bertz CT molecular complexity index is 1260. The second-order valence-corrected chi connectivity index (χ2v) is 8.75. The lowest BCUT2D eigenvalue weighted by atomic mass is 10.1. The maximum atomic E-state index is 13.0. The molecule has 0 bridgehead atoms. The molecule has 1 heterocycles. The molecule has 0 aliphatic carbocycles. The molecule has 0 radical (unpaired) electrons. The lowest BCUT2D eigenvalue weighted by Gasteiger charge is -2.37. The Hall–Kier alpha value is -3.36. The molecule has 0 atom stereocenters. The zero-order chi connectivity index (χ0) is 24.2. The molecule has 9 heteroatoms. The molecule has 34 heavy (non-hydrogen) atoms. The van der Waals surface area contributed by atoms with Crippen molar-refractivity contribution in [3.8, 4) is 5.75 Å². The van der Waals surface area contributed by atoms with E-state index in [9.17, 15) is 9.59 Å². The Labute approximate surface area is 208 Å². The highest BCUT2D eigenvalue weighted by Crippen LogP contribution is 2.34. The molecule has 0 unspecified atom stereocenters. The second kappa shape index (κ2) is 10.3. The van der Waals surface area contributed by atoms with Crippen LogP contribution in [0.1, 0.15) is 17.3 Å². The quantitative estimate of drug-likeness (QED) is 0.525. The number of halogens is 1. The van der Waals surface area contributed by atoms with Gasteiger partial charge in [0.25, 0.3) is 5.91 Å². The van der Waals surface area contributed by atoms with Crippen LogP contribution in [0.2, 0.25) is 5.02 Å². The number of nitrogens with one attached hydrogen (secondary N) is 2. The van der Waals surface area contributed by atoms with Gasteiger partial charge in [-0.25, -0.2) is 0 Å². The third-order valence-corrected chi connectivity index (χ3v) is 6.32. The standard InChI is InChI=1S/C25H25ClN4O3S/c1-16(31)29-10-12-30(13-11-29)23-20(26)8-5-9-21(23)27-25(34)28-24(32)19-14-17-6-3-4-7-18(17)15-22(19)33-2/h3-9,14-15H,10-13H2,1-2H3,(H2,27,28,32,34). The van der Waals surface area contributed by atoms with E-state index in [-0.39, 0.29) is 16.9 Å². The number of para-hydroxylation sites is 1. The number of thiocarbonyl (C=S) groups is 1. The van der Waals surface area contributed by atoms with E-state index in [1.54, 1.807) is 19.1 Å². The van der Waals surface area contributed by atoms with Crippen molar-refractivity contribution in [2.45, 2.75) is 6.92 Å². The number of amides is 2. The average molecular weight is 497 g/mol. The van der Waals surface area contributed by atoms with E-state index in [1.807, 2.05) is 47.4 Å². The number of anilines is 2. The van der Waals surface area contributed by atoms with Crippen molar-refractivity contribution in [3.63, 3.8) is 0 Å². The average Bonchev–Trinajstić information content (AvgIpc) is 2.83. The van der Waals surface area contributed by atoms with Crippen molar-refractivity contribution in [3.05, 3.63) is 65.2 Å². The SMILES string of the molecule is COc1cc2ccccc2cc1C(=O)NC(=S)Nc1cccc(Cl)c1N1CCN(C(C)=O)CC1. The monoisotopic (exact) mass is 496 g/mol. The Morgan fingerprint density at radius 2 is 1.68 bits per heavy atom. The first-order chi connectivity index (χ1) is 16.4. The predicted octanol–water partition coefficient (Wildman–Crippen LogP) is 4.30.